The molecule has 3 rings (SSSR count). The van der Waals surface area contributed by atoms with E-state index in [1.807, 2.05) is 47.8 Å². The third-order valence-electron chi connectivity index (χ3n) is 2.41. The van der Waals surface area contributed by atoms with Gasteiger partial charge in [0, 0.05) is 16.7 Å². The maximum Gasteiger partial charge on any atom is 0.177 e. The Hall–Kier alpha value is -1.58. The van der Waals surface area contributed by atoms with Crippen LogP contribution in [0.3, 0.4) is 0 Å². The largest absolute Gasteiger partial charge is 0.355 e. The van der Waals surface area contributed by atoms with Crippen LogP contribution < -0.4 is 0 Å². The molecule has 0 aliphatic rings. The minimum absolute atomic E-state index is 0.718. The average Bonchev–Trinajstić information content (AvgIpc) is 3.00. The van der Waals surface area contributed by atoms with Crippen LogP contribution >= 0.6 is 22.9 Å². The molecule has 0 amide bonds. The smallest absolute Gasteiger partial charge is 0.177 e. The van der Waals surface area contributed by atoms with Crippen molar-refractivity contribution in [2.45, 2.75) is 0 Å². The van der Waals surface area contributed by atoms with Gasteiger partial charge in [0.25, 0.3) is 0 Å². The molecule has 0 saturated heterocycles. The molecule has 2 aromatic heterocycles. The Labute approximate surface area is 107 Å². The van der Waals surface area contributed by atoms with Crippen molar-refractivity contribution in [1.29, 1.82) is 0 Å². The first-order valence-electron chi connectivity index (χ1n) is 5.09. The van der Waals surface area contributed by atoms with E-state index >= 15 is 0 Å². The second kappa shape index (κ2) is 4.35. The SMILES string of the molecule is Clc1ccc(-c2cc(-c3cccs3)on2)cc1. The Morgan fingerprint density at radius 3 is 2.65 bits per heavy atom. The summed E-state index contributed by atoms with van der Waals surface area (Å²) >= 11 is 7.48. The quantitative estimate of drug-likeness (QED) is 0.667. The van der Waals surface area contributed by atoms with Crippen molar-refractivity contribution in [3.8, 4) is 21.9 Å². The van der Waals surface area contributed by atoms with E-state index in [2.05, 4.69) is 5.16 Å². The van der Waals surface area contributed by atoms with Gasteiger partial charge in [-0.1, -0.05) is 35.0 Å². The summed E-state index contributed by atoms with van der Waals surface area (Å²) in [6, 6.07) is 13.5. The van der Waals surface area contributed by atoms with Crippen LogP contribution in [0.4, 0.5) is 0 Å². The van der Waals surface area contributed by atoms with E-state index in [1.54, 1.807) is 11.3 Å². The molecule has 0 bridgehead atoms. The molecule has 84 valence electrons. The fourth-order valence-corrected chi connectivity index (χ4v) is 2.37. The molecule has 0 radical (unpaired) electrons. The molecule has 2 nitrogen and oxygen atoms in total. The van der Waals surface area contributed by atoms with Gasteiger partial charge in [0.15, 0.2) is 5.76 Å². The molecule has 0 fully saturated rings. The maximum absolute atomic E-state index is 5.84. The number of aromatic nitrogens is 1. The van der Waals surface area contributed by atoms with Gasteiger partial charge in [0.1, 0.15) is 5.69 Å². The fourth-order valence-electron chi connectivity index (χ4n) is 1.57. The highest BCUT2D eigenvalue weighted by atomic mass is 35.5. The van der Waals surface area contributed by atoms with Crippen molar-refractivity contribution >= 4 is 22.9 Å². The van der Waals surface area contributed by atoms with E-state index < -0.39 is 0 Å². The minimum Gasteiger partial charge on any atom is -0.355 e. The van der Waals surface area contributed by atoms with Gasteiger partial charge >= 0.3 is 0 Å². The first kappa shape index (κ1) is 10.6. The molecule has 0 unspecified atom stereocenters. The van der Waals surface area contributed by atoms with E-state index in [0.717, 1.165) is 26.9 Å². The minimum atomic E-state index is 0.718. The van der Waals surface area contributed by atoms with Crippen LogP contribution in [-0.2, 0) is 0 Å². The molecule has 0 spiro atoms. The summed E-state index contributed by atoms with van der Waals surface area (Å²) in [6.07, 6.45) is 0. The molecule has 0 N–H and O–H groups in total. The Bertz CT molecular complexity index is 613. The molecule has 0 aliphatic carbocycles. The number of hydrogen-bond acceptors (Lipinski definition) is 3. The van der Waals surface area contributed by atoms with E-state index in [0.29, 0.717) is 0 Å². The van der Waals surface area contributed by atoms with Gasteiger partial charge in [-0.15, -0.1) is 11.3 Å². The number of rotatable bonds is 2. The molecule has 2 heterocycles. The summed E-state index contributed by atoms with van der Waals surface area (Å²) in [5, 5.41) is 6.79. The average molecular weight is 262 g/mol. The van der Waals surface area contributed by atoms with Crippen LogP contribution in [0, 0.1) is 0 Å². The predicted molar refractivity (Wildman–Crippen MR) is 70.3 cm³/mol. The molecule has 0 atom stereocenters. The molecule has 0 saturated carbocycles. The lowest BCUT2D eigenvalue weighted by Crippen LogP contribution is -1.74. The van der Waals surface area contributed by atoms with Gasteiger partial charge in [0.05, 0.1) is 4.88 Å². The molecule has 17 heavy (non-hydrogen) atoms. The number of hydrogen-bond donors (Lipinski definition) is 0. The summed E-state index contributed by atoms with van der Waals surface area (Å²) in [4.78, 5) is 1.08. The van der Waals surface area contributed by atoms with Crippen molar-refractivity contribution in [2.24, 2.45) is 0 Å². The first-order valence-corrected chi connectivity index (χ1v) is 6.35. The first-order chi connectivity index (χ1) is 8.33. The zero-order valence-electron chi connectivity index (χ0n) is 8.76. The Morgan fingerprint density at radius 2 is 1.94 bits per heavy atom. The lowest BCUT2D eigenvalue weighted by atomic mass is 10.1. The van der Waals surface area contributed by atoms with Crippen LogP contribution in [-0.4, -0.2) is 5.16 Å². The van der Waals surface area contributed by atoms with Gasteiger partial charge in [-0.05, 0) is 23.6 Å². The number of benzene rings is 1. The van der Waals surface area contributed by atoms with Crippen molar-refractivity contribution in [2.75, 3.05) is 0 Å². The Balaban J connectivity index is 1.98. The zero-order chi connectivity index (χ0) is 11.7. The van der Waals surface area contributed by atoms with E-state index in [9.17, 15) is 0 Å². The van der Waals surface area contributed by atoms with Crippen LogP contribution in [0.25, 0.3) is 21.9 Å². The normalized spacial score (nSPS) is 10.6. The third kappa shape index (κ3) is 2.12. The van der Waals surface area contributed by atoms with Gasteiger partial charge in [0.2, 0.25) is 0 Å². The summed E-state index contributed by atoms with van der Waals surface area (Å²) < 4.78 is 5.32. The monoisotopic (exact) mass is 261 g/mol. The number of nitrogens with zero attached hydrogens (tertiary/aromatic N) is 1. The summed E-state index contributed by atoms with van der Waals surface area (Å²) in [5.74, 6) is 0.796. The van der Waals surface area contributed by atoms with Gasteiger partial charge in [-0.2, -0.15) is 0 Å². The van der Waals surface area contributed by atoms with E-state index in [1.165, 1.54) is 0 Å². The lowest BCUT2D eigenvalue weighted by Gasteiger charge is -1.93. The number of thiophene rings is 1. The summed E-state index contributed by atoms with van der Waals surface area (Å²) in [6.45, 7) is 0. The number of halogens is 1. The van der Waals surface area contributed by atoms with Crippen molar-refractivity contribution in [1.82, 2.24) is 5.16 Å². The highest BCUT2D eigenvalue weighted by Crippen LogP contribution is 2.29. The van der Waals surface area contributed by atoms with Gasteiger partial charge < -0.3 is 4.52 Å². The molecule has 0 aliphatic heterocycles. The molecular formula is C13H8ClNOS. The molecule has 4 heteroatoms. The van der Waals surface area contributed by atoms with Crippen LogP contribution in [0.15, 0.2) is 52.4 Å². The van der Waals surface area contributed by atoms with Crippen molar-refractivity contribution < 1.29 is 4.52 Å². The summed E-state index contributed by atoms with van der Waals surface area (Å²) in [7, 11) is 0. The molecule has 3 aromatic rings. The van der Waals surface area contributed by atoms with Crippen LogP contribution in [0.1, 0.15) is 0 Å². The summed E-state index contributed by atoms with van der Waals surface area (Å²) in [5.41, 5.74) is 1.83. The highest BCUT2D eigenvalue weighted by Gasteiger charge is 2.08. The predicted octanol–water partition coefficient (Wildman–Crippen LogP) is 4.72. The maximum atomic E-state index is 5.84. The highest BCUT2D eigenvalue weighted by molar-refractivity contribution is 7.13. The van der Waals surface area contributed by atoms with Crippen molar-refractivity contribution in [3.05, 3.63) is 52.9 Å². The van der Waals surface area contributed by atoms with Gasteiger partial charge in [-0.25, -0.2) is 0 Å². The second-order valence-corrected chi connectivity index (χ2v) is 4.94. The van der Waals surface area contributed by atoms with E-state index in [4.69, 9.17) is 16.1 Å². The molecule has 1 aromatic carbocycles. The van der Waals surface area contributed by atoms with Crippen LogP contribution in [0.5, 0.6) is 0 Å². The third-order valence-corrected chi connectivity index (χ3v) is 3.55. The second-order valence-electron chi connectivity index (χ2n) is 3.56. The van der Waals surface area contributed by atoms with Crippen molar-refractivity contribution in [3.63, 3.8) is 0 Å². The zero-order valence-corrected chi connectivity index (χ0v) is 10.3. The molecular weight excluding hydrogens is 254 g/mol. The fraction of sp³-hybridized carbons (Fsp3) is 0. The van der Waals surface area contributed by atoms with Crippen LogP contribution in [0.2, 0.25) is 5.02 Å². The topological polar surface area (TPSA) is 26.0 Å². The lowest BCUT2D eigenvalue weighted by molar-refractivity contribution is 0.436. The Kier molecular flexibility index (Phi) is 2.71. The standard InChI is InChI=1S/C13H8ClNOS/c14-10-5-3-9(4-6-10)11-8-12(16-15-11)13-2-1-7-17-13/h1-8H. The van der Waals surface area contributed by atoms with Gasteiger partial charge in [-0.3, -0.25) is 0 Å². The van der Waals surface area contributed by atoms with E-state index in [-0.39, 0.29) is 0 Å². The Morgan fingerprint density at radius 1 is 1.12 bits per heavy atom.